The molecule has 0 atom stereocenters. The van der Waals surface area contributed by atoms with Crippen molar-refractivity contribution in [1.82, 2.24) is 20.2 Å². The largest absolute Gasteiger partial charge is 0.352 e. The molecule has 0 saturated carbocycles. The van der Waals surface area contributed by atoms with Gasteiger partial charge in [-0.15, -0.1) is 0 Å². The SMILES string of the molecule is O=C(NCCCN1CCN(c2ncccn2)CC1)c1cc(F)cc(Br)c1. The highest BCUT2D eigenvalue weighted by molar-refractivity contribution is 9.10. The predicted molar refractivity (Wildman–Crippen MR) is 102 cm³/mol. The molecule has 1 fully saturated rings. The normalized spacial score (nSPS) is 15.1. The number of carbonyl (C=O) groups excluding carboxylic acids is 1. The maximum Gasteiger partial charge on any atom is 0.251 e. The molecule has 6 nitrogen and oxygen atoms in total. The number of piperazine rings is 1. The second-order valence-electron chi connectivity index (χ2n) is 6.15. The van der Waals surface area contributed by atoms with Crippen LogP contribution in [0.4, 0.5) is 10.3 Å². The molecule has 0 radical (unpaired) electrons. The van der Waals surface area contributed by atoms with E-state index in [1.807, 2.05) is 6.07 Å². The van der Waals surface area contributed by atoms with Crippen molar-refractivity contribution in [2.24, 2.45) is 0 Å². The number of amides is 1. The minimum atomic E-state index is -0.426. The number of halogens is 2. The van der Waals surface area contributed by atoms with Crippen molar-refractivity contribution in [3.63, 3.8) is 0 Å². The van der Waals surface area contributed by atoms with Crippen LogP contribution in [-0.4, -0.2) is 60.0 Å². The molecule has 1 N–H and O–H groups in total. The third-order valence-corrected chi connectivity index (χ3v) is 4.73. The van der Waals surface area contributed by atoms with Crippen LogP contribution in [0.25, 0.3) is 0 Å². The lowest BCUT2D eigenvalue weighted by Gasteiger charge is -2.34. The van der Waals surface area contributed by atoms with Gasteiger partial charge in [0.1, 0.15) is 5.82 Å². The summed E-state index contributed by atoms with van der Waals surface area (Å²) < 4.78 is 13.9. The maximum absolute atomic E-state index is 13.3. The second-order valence-corrected chi connectivity index (χ2v) is 7.06. The molecule has 2 aromatic rings. The van der Waals surface area contributed by atoms with Crippen molar-refractivity contribution in [2.75, 3.05) is 44.2 Å². The number of hydrogen-bond acceptors (Lipinski definition) is 5. The zero-order valence-corrected chi connectivity index (χ0v) is 16.0. The van der Waals surface area contributed by atoms with Crippen molar-refractivity contribution in [3.8, 4) is 0 Å². The third-order valence-electron chi connectivity index (χ3n) is 4.27. The predicted octanol–water partition coefficient (Wildman–Crippen LogP) is 2.32. The molecule has 1 aliphatic rings. The van der Waals surface area contributed by atoms with Crippen LogP contribution in [0.2, 0.25) is 0 Å². The van der Waals surface area contributed by atoms with Gasteiger partial charge in [0.25, 0.3) is 5.91 Å². The Morgan fingerprint density at radius 1 is 1.15 bits per heavy atom. The number of carbonyl (C=O) groups is 1. The average Bonchev–Trinajstić information content (AvgIpc) is 2.65. The Kier molecular flexibility index (Phi) is 6.51. The highest BCUT2D eigenvalue weighted by Gasteiger charge is 2.18. The molecule has 0 bridgehead atoms. The molecule has 1 aromatic carbocycles. The molecule has 1 saturated heterocycles. The summed E-state index contributed by atoms with van der Waals surface area (Å²) in [4.78, 5) is 25.2. The van der Waals surface area contributed by atoms with Gasteiger partial charge in [-0.05, 0) is 37.2 Å². The summed E-state index contributed by atoms with van der Waals surface area (Å²) >= 11 is 3.20. The van der Waals surface area contributed by atoms with Crippen LogP contribution in [0, 0.1) is 5.82 Å². The van der Waals surface area contributed by atoms with E-state index >= 15 is 0 Å². The molecule has 2 heterocycles. The molecular weight excluding hydrogens is 401 g/mol. The number of hydrogen-bond donors (Lipinski definition) is 1. The Bertz CT molecular complexity index is 717. The first-order valence-electron chi connectivity index (χ1n) is 8.60. The molecule has 26 heavy (non-hydrogen) atoms. The minimum Gasteiger partial charge on any atom is -0.352 e. The van der Waals surface area contributed by atoms with E-state index in [0.29, 0.717) is 16.6 Å². The van der Waals surface area contributed by atoms with E-state index in [4.69, 9.17) is 0 Å². The van der Waals surface area contributed by atoms with Crippen molar-refractivity contribution >= 4 is 27.8 Å². The van der Waals surface area contributed by atoms with Crippen molar-refractivity contribution in [1.29, 1.82) is 0 Å². The van der Waals surface area contributed by atoms with Crippen molar-refractivity contribution in [2.45, 2.75) is 6.42 Å². The van der Waals surface area contributed by atoms with Crippen LogP contribution in [0.5, 0.6) is 0 Å². The zero-order chi connectivity index (χ0) is 18.4. The lowest BCUT2D eigenvalue weighted by Crippen LogP contribution is -2.47. The van der Waals surface area contributed by atoms with E-state index in [9.17, 15) is 9.18 Å². The summed E-state index contributed by atoms with van der Waals surface area (Å²) in [6.07, 6.45) is 4.37. The molecular formula is C18H21BrFN5O. The third kappa shape index (κ3) is 5.22. The summed E-state index contributed by atoms with van der Waals surface area (Å²) in [5, 5.41) is 2.84. The Labute approximate surface area is 160 Å². The fourth-order valence-corrected chi connectivity index (χ4v) is 3.38. The van der Waals surface area contributed by atoms with Crippen LogP contribution >= 0.6 is 15.9 Å². The number of benzene rings is 1. The molecule has 138 valence electrons. The number of nitrogens with one attached hydrogen (secondary N) is 1. The number of rotatable bonds is 6. The van der Waals surface area contributed by atoms with Gasteiger partial charge in [-0.3, -0.25) is 9.69 Å². The molecule has 1 amide bonds. The summed E-state index contributed by atoms with van der Waals surface area (Å²) in [5.74, 6) is 0.0988. The molecule has 0 spiro atoms. The number of aromatic nitrogens is 2. The summed E-state index contributed by atoms with van der Waals surface area (Å²) in [6, 6.07) is 6.00. The molecule has 3 rings (SSSR count). The Hall–Kier alpha value is -2.06. The van der Waals surface area contributed by atoms with Crippen LogP contribution in [-0.2, 0) is 0 Å². The van der Waals surface area contributed by atoms with E-state index in [2.05, 4.69) is 41.0 Å². The van der Waals surface area contributed by atoms with E-state index in [-0.39, 0.29) is 5.91 Å². The van der Waals surface area contributed by atoms with E-state index < -0.39 is 5.82 Å². The van der Waals surface area contributed by atoms with Crippen molar-refractivity contribution in [3.05, 3.63) is 52.5 Å². The molecule has 1 aromatic heterocycles. The van der Waals surface area contributed by atoms with Gasteiger partial charge < -0.3 is 10.2 Å². The zero-order valence-electron chi connectivity index (χ0n) is 14.4. The Morgan fingerprint density at radius 2 is 1.88 bits per heavy atom. The number of anilines is 1. The lowest BCUT2D eigenvalue weighted by molar-refractivity contribution is 0.0951. The second kappa shape index (κ2) is 9.05. The summed E-state index contributed by atoms with van der Waals surface area (Å²) in [7, 11) is 0. The first-order chi connectivity index (χ1) is 12.6. The van der Waals surface area contributed by atoms with Crippen LogP contribution in [0.3, 0.4) is 0 Å². The smallest absolute Gasteiger partial charge is 0.251 e. The Balaban J connectivity index is 1.36. The van der Waals surface area contributed by atoms with Gasteiger partial charge in [-0.1, -0.05) is 15.9 Å². The van der Waals surface area contributed by atoms with Crippen LogP contribution < -0.4 is 10.2 Å². The first-order valence-corrected chi connectivity index (χ1v) is 9.40. The van der Waals surface area contributed by atoms with E-state index in [1.54, 1.807) is 18.5 Å². The summed E-state index contributed by atoms with van der Waals surface area (Å²) in [6.45, 7) is 5.17. The molecule has 8 heteroatoms. The van der Waals surface area contributed by atoms with Gasteiger partial charge in [-0.25, -0.2) is 14.4 Å². The maximum atomic E-state index is 13.3. The fourth-order valence-electron chi connectivity index (χ4n) is 2.92. The van der Waals surface area contributed by atoms with Gasteiger partial charge >= 0.3 is 0 Å². The first kappa shape index (κ1) is 18.7. The van der Waals surface area contributed by atoms with E-state index in [0.717, 1.165) is 45.1 Å². The average molecular weight is 422 g/mol. The number of nitrogens with zero attached hydrogens (tertiary/aromatic N) is 4. The highest BCUT2D eigenvalue weighted by atomic mass is 79.9. The molecule has 0 aliphatic carbocycles. The quantitative estimate of drug-likeness (QED) is 0.725. The van der Waals surface area contributed by atoms with E-state index in [1.165, 1.54) is 12.1 Å². The van der Waals surface area contributed by atoms with Gasteiger partial charge in [-0.2, -0.15) is 0 Å². The van der Waals surface area contributed by atoms with Crippen LogP contribution in [0.15, 0.2) is 41.1 Å². The monoisotopic (exact) mass is 421 g/mol. The standard InChI is InChI=1S/C18H21BrFN5O/c19-15-11-14(12-16(20)13-15)17(26)21-5-2-6-24-7-9-25(10-8-24)18-22-3-1-4-23-18/h1,3-4,11-13H,2,5-10H2,(H,21,26). The van der Waals surface area contributed by atoms with Gasteiger partial charge in [0.15, 0.2) is 0 Å². The van der Waals surface area contributed by atoms with Crippen molar-refractivity contribution < 1.29 is 9.18 Å². The highest BCUT2D eigenvalue weighted by Crippen LogP contribution is 2.15. The van der Waals surface area contributed by atoms with Crippen LogP contribution in [0.1, 0.15) is 16.8 Å². The fraction of sp³-hybridized carbons (Fsp3) is 0.389. The Morgan fingerprint density at radius 3 is 2.58 bits per heavy atom. The van der Waals surface area contributed by atoms with Gasteiger partial charge in [0, 0.05) is 55.2 Å². The van der Waals surface area contributed by atoms with Gasteiger partial charge in [0.05, 0.1) is 0 Å². The topological polar surface area (TPSA) is 61.4 Å². The lowest BCUT2D eigenvalue weighted by atomic mass is 10.2. The minimum absolute atomic E-state index is 0.253. The molecule has 0 unspecified atom stereocenters. The molecule has 1 aliphatic heterocycles. The van der Waals surface area contributed by atoms with Gasteiger partial charge in [0.2, 0.25) is 5.95 Å². The summed E-state index contributed by atoms with van der Waals surface area (Å²) in [5.41, 5.74) is 0.327.